The first-order valence-electron chi connectivity index (χ1n) is 7.54. The number of imidazole rings is 1. The second kappa shape index (κ2) is 4.84. The molecule has 2 aromatic heterocycles. The highest BCUT2D eigenvalue weighted by atomic mass is 16.2. The molecule has 0 atom stereocenters. The van der Waals surface area contributed by atoms with Crippen molar-refractivity contribution in [1.29, 1.82) is 0 Å². The van der Waals surface area contributed by atoms with Gasteiger partial charge in [-0.2, -0.15) is 4.98 Å². The van der Waals surface area contributed by atoms with Gasteiger partial charge in [0.05, 0.1) is 0 Å². The second-order valence-corrected chi connectivity index (χ2v) is 5.96. The fourth-order valence-corrected chi connectivity index (χ4v) is 3.06. The Kier molecular flexibility index (Phi) is 2.90. The van der Waals surface area contributed by atoms with Crippen molar-refractivity contribution in [3.63, 3.8) is 0 Å². The number of hydrogen-bond acceptors (Lipinski definition) is 4. The van der Waals surface area contributed by atoms with E-state index in [9.17, 15) is 9.59 Å². The molecule has 1 aliphatic rings. The fourth-order valence-electron chi connectivity index (χ4n) is 3.06. The van der Waals surface area contributed by atoms with Gasteiger partial charge in [0.25, 0.3) is 5.56 Å². The van der Waals surface area contributed by atoms with Gasteiger partial charge >= 0.3 is 5.69 Å². The summed E-state index contributed by atoms with van der Waals surface area (Å²) in [4.78, 5) is 32.9. The first-order chi connectivity index (χ1) is 11.0. The molecule has 0 spiro atoms. The average Bonchev–Trinajstić information content (AvgIpc) is 3.07. The van der Waals surface area contributed by atoms with Crippen LogP contribution < -0.4 is 16.1 Å². The minimum Gasteiger partial charge on any atom is -0.336 e. The van der Waals surface area contributed by atoms with Crippen molar-refractivity contribution in [2.75, 3.05) is 11.4 Å². The molecule has 7 heteroatoms. The van der Waals surface area contributed by atoms with Crippen LogP contribution in [-0.2, 0) is 20.1 Å². The van der Waals surface area contributed by atoms with E-state index in [1.54, 1.807) is 7.05 Å². The molecule has 23 heavy (non-hydrogen) atoms. The summed E-state index contributed by atoms with van der Waals surface area (Å²) < 4.78 is 3.27. The van der Waals surface area contributed by atoms with Gasteiger partial charge in [-0.05, 0) is 12.5 Å². The summed E-state index contributed by atoms with van der Waals surface area (Å²) in [5.41, 5.74) is 2.50. The van der Waals surface area contributed by atoms with Gasteiger partial charge in [-0.25, -0.2) is 4.79 Å². The monoisotopic (exact) mass is 311 g/mol. The average molecular weight is 311 g/mol. The molecule has 1 aromatic carbocycles. The van der Waals surface area contributed by atoms with Gasteiger partial charge in [0.2, 0.25) is 5.95 Å². The van der Waals surface area contributed by atoms with Crippen LogP contribution >= 0.6 is 0 Å². The quantitative estimate of drug-likeness (QED) is 0.758. The standard InChI is InChI=1S/C16H17N5O2/c1-10-3-5-11(6-4-10)9-20-7-8-21-12-13(17-15(20)21)19(2)16(23)18-14(12)22/h3-6H,7-9H2,1-2H3,(H,18,22,23). The Bertz CT molecular complexity index is 1010. The summed E-state index contributed by atoms with van der Waals surface area (Å²) in [6.07, 6.45) is 0. The van der Waals surface area contributed by atoms with Gasteiger partial charge in [-0.1, -0.05) is 29.8 Å². The molecule has 7 nitrogen and oxygen atoms in total. The lowest BCUT2D eigenvalue weighted by Crippen LogP contribution is -2.29. The lowest BCUT2D eigenvalue weighted by atomic mass is 10.1. The molecule has 0 aliphatic carbocycles. The Labute approximate surface area is 131 Å². The maximum Gasteiger partial charge on any atom is 0.329 e. The zero-order chi connectivity index (χ0) is 16.1. The largest absolute Gasteiger partial charge is 0.336 e. The van der Waals surface area contributed by atoms with Crippen LogP contribution in [-0.4, -0.2) is 25.6 Å². The number of anilines is 1. The number of aryl methyl sites for hydroxylation is 2. The number of nitrogens with zero attached hydrogens (tertiary/aromatic N) is 4. The summed E-state index contributed by atoms with van der Waals surface area (Å²) in [6.45, 7) is 4.29. The van der Waals surface area contributed by atoms with Gasteiger partial charge in [0.1, 0.15) is 0 Å². The molecule has 1 aliphatic heterocycles. The minimum absolute atomic E-state index is 0.376. The maximum absolute atomic E-state index is 12.1. The molecule has 3 heterocycles. The highest BCUT2D eigenvalue weighted by Gasteiger charge is 2.26. The Hall–Kier alpha value is -2.83. The molecule has 118 valence electrons. The summed E-state index contributed by atoms with van der Waals surface area (Å²) in [6, 6.07) is 8.37. The van der Waals surface area contributed by atoms with Crippen molar-refractivity contribution >= 4 is 17.1 Å². The summed E-state index contributed by atoms with van der Waals surface area (Å²) in [7, 11) is 1.62. The van der Waals surface area contributed by atoms with Crippen LogP contribution in [0.15, 0.2) is 33.9 Å². The number of aromatic amines is 1. The van der Waals surface area contributed by atoms with E-state index in [4.69, 9.17) is 0 Å². The third-order valence-corrected chi connectivity index (χ3v) is 4.36. The van der Waals surface area contributed by atoms with Crippen molar-refractivity contribution in [2.45, 2.75) is 20.0 Å². The number of H-pyrrole nitrogens is 1. The predicted octanol–water partition coefficient (Wildman–Crippen LogP) is 0.752. The van der Waals surface area contributed by atoms with Crippen LogP contribution in [0.1, 0.15) is 11.1 Å². The number of aromatic nitrogens is 4. The van der Waals surface area contributed by atoms with E-state index in [0.29, 0.717) is 17.7 Å². The van der Waals surface area contributed by atoms with Crippen molar-refractivity contribution in [1.82, 2.24) is 19.1 Å². The molecule has 0 radical (unpaired) electrons. The zero-order valence-corrected chi connectivity index (χ0v) is 13.0. The van der Waals surface area contributed by atoms with E-state index < -0.39 is 5.69 Å². The Morgan fingerprint density at radius 2 is 1.91 bits per heavy atom. The normalized spacial score (nSPS) is 13.7. The summed E-state index contributed by atoms with van der Waals surface area (Å²) >= 11 is 0. The highest BCUT2D eigenvalue weighted by Crippen LogP contribution is 2.26. The minimum atomic E-state index is -0.440. The van der Waals surface area contributed by atoms with Crippen LogP contribution in [0.25, 0.3) is 11.2 Å². The van der Waals surface area contributed by atoms with Gasteiger partial charge in [0, 0.05) is 26.7 Å². The van der Waals surface area contributed by atoms with E-state index in [1.165, 1.54) is 15.7 Å². The third-order valence-electron chi connectivity index (χ3n) is 4.36. The lowest BCUT2D eigenvalue weighted by Gasteiger charge is -2.16. The summed E-state index contributed by atoms with van der Waals surface area (Å²) in [5, 5.41) is 0. The van der Waals surface area contributed by atoms with Crippen molar-refractivity contribution < 1.29 is 0 Å². The molecule has 0 fully saturated rings. The number of benzene rings is 1. The van der Waals surface area contributed by atoms with Crippen molar-refractivity contribution in [2.24, 2.45) is 7.05 Å². The molecule has 0 unspecified atom stereocenters. The Morgan fingerprint density at radius 1 is 1.17 bits per heavy atom. The SMILES string of the molecule is Cc1ccc(CN2CCn3c2nc2c3c(=O)[nH]c(=O)n2C)cc1. The Balaban J connectivity index is 1.80. The smallest absolute Gasteiger partial charge is 0.329 e. The number of hydrogen-bond donors (Lipinski definition) is 1. The van der Waals surface area contributed by atoms with Gasteiger partial charge < -0.3 is 9.47 Å². The number of rotatable bonds is 2. The van der Waals surface area contributed by atoms with Crippen LogP contribution in [0.4, 0.5) is 5.95 Å². The molecule has 1 N–H and O–H groups in total. The third kappa shape index (κ3) is 2.08. The van der Waals surface area contributed by atoms with E-state index in [1.807, 2.05) is 4.57 Å². The number of nitrogens with one attached hydrogen (secondary N) is 1. The van der Waals surface area contributed by atoms with Crippen LogP contribution in [0, 0.1) is 6.92 Å². The molecule has 3 aromatic rings. The molecule has 0 bridgehead atoms. The zero-order valence-electron chi connectivity index (χ0n) is 13.0. The topological polar surface area (TPSA) is 75.9 Å². The van der Waals surface area contributed by atoms with E-state index in [0.717, 1.165) is 19.0 Å². The van der Waals surface area contributed by atoms with Gasteiger partial charge in [0.15, 0.2) is 11.2 Å². The second-order valence-electron chi connectivity index (χ2n) is 5.96. The van der Waals surface area contributed by atoms with Crippen LogP contribution in [0.2, 0.25) is 0 Å². The van der Waals surface area contributed by atoms with Crippen LogP contribution in [0.3, 0.4) is 0 Å². The van der Waals surface area contributed by atoms with Crippen LogP contribution in [0.5, 0.6) is 0 Å². The molecule has 4 rings (SSSR count). The summed E-state index contributed by atoms with van der Waals surface area (Å²) in [5.74, 6) is 0.743. The lowest BCUT2D eigenvalue weighted by molar-refractivity contribution is 0.770. The molecule has 0 amide bonds. The molecule has 0 saturated heterocycles. The van der Waals surface area contributed by atoms with E-state index in [2.05, 4.69) is 46.1 Å². The van der Waals surface area contributed by atoms with Crippen molar-refractivity contribution in [3.05, 3.63) is 56.2 Å². The molecule has 0 saturated carbocycles. The van der Waals surface area contributed by atoms with Gasteiger partial charge in [-0.15, -0.1) is 0 Å². The Morgan fingerprint density at radius 3 is 2.65 bits per heavy atom. The first-order valence-corrected chi connectivity index (χ1v) is 7.54. The first kappa shape index (κ1) is 13.8. The maximum atomic E-state index is 12.1. The molecular weight excluding hydrogens is 294 g/mol. The predicted molar refractivity (Wildman–Crippen MR) is 87.8 cm³/mol. The fraction of sp³-hybridized carbons (Fsp3) is 0.312. The van der Waals surface area contributed by atoms with E-state index >= 15 is 0 Å². The van der Waals surface area contributed by atoms with Gasteiger partial charge in [-0.3, -0.25) is 14.3 Å². The highest BCUT2D eigenvalue weighted by molar-refractivity contribution is 5.75. The van der Waals surface area contributed by atoms with E-state index in [-0.39, 0.29) is 5.56 Å². The molecular formula is C16H17N5O2. The number of fused-ring (bicyclic) bond motifs is 3. The van der Waals surface area contributed by atoms with Crippen molar-refractivity contribution in [3.8, 4) is 0 Å².